The second-order valence-corrected chi connectivity index (χ2v) is 4.77. The van der Waals surface area contributed by atoms with Crippen molar-refractivity contribution >= 4 is 5.82 Å². The second-order valence-electron chi connectivity index (χ2n) is 4.77. The molecule has 3 nitrogen and oxygen atoms in total. The van der Waals surface area contributed by atoms with Crippen molar-refractivity contribution in [3.05, 3.63) is 24.1 Å². The number of pyridine rings is 1. The maximum Gasteiger partial charge on any atom is 0.214 e. The van der Waals surface area contributed by atoms with Gasteiger partial charge in [-0.05, 0) is 44.9 Å². The highest BCUT2D eigenvalue weighted by Crippen LogP contribution is 2.14. The predicted molar refractivity (Wildman–Crippen MR) is 67.5 cm³/mol. The molecule has 0 aliphatic carbocycles. The predicted octanol–water partition coefficient (Wildman–Crippen LogP) is 2.55. The van der Waals surface area contributed by atoms with Crippen LogP contribution in [-0.4, -0.2) is 23.6 Å². The molecule has 1 saturated heterocycles. The van der Waals surface area contributed by atoms with E-state index in [1.807, 2.05) is 0 Å². The smallest absolute Gasteiger partial charge is 0.214 e. The SMILES string of the molecule is CC(CC1CCCCN1)Nc1cccc(F)n1. The van der Waals surface area contributed by atoms with Gasteiger partial charge in [-0.3, -0.25) is 0 Å². The van der Waals surface area contributed by atoms with Crippen LogP contribution in [0.3, 0.4) is 0 Å². The molecule has 1 aliphatic heterocycles. The summed E-state index contributed by atoms with van der Waals surface area (Å²) in [6, 6.07) is 5.72. The third-order valence-electron chi connectivity index (χ3n) is 3.16. The summed E-state index contributed by atoms with van der Waals surface area (Å²) in [6.07, 6.45) is 4.88. The van der Waals surface area contributed by atoms with Crippen molar-refractivity contribution in [2.75, 3.05) is 11.9 Å². The summed E-state index contributed by atoms with van der Waals surface area (Å²) in [5.41, 5.74) is 0. The van der Waals surface area contributed by atoms with Crippen LogP contribution in [0.15, 0.2) is 18.2 Å². The Hall–Kier alpha value is -1.16. The summed E-state index contributed by atoms with van der Waals surface area (Å²) in [7, 11) is 0. The number of hydrogen-bond donors (Lipinski definition) is 2. The van der Waals surface area contributed by atoms with Crippen LogP contribution in [0.2, 0.25) is 0 Å². The molecule has 2 rings (SSSR count). The van der Waals surface area contributed by atoms with Crippen molar-refractivity contribution in [3.63, 3.8) is 0 Å². The van der Waals surface area contributed by atoms with Gasteiger partial charge in [0.25, 0.3) is 0 Å². The summed E-state index contributed by atoms with van der Waals surface area (Å²) in [5, 5.41) is 6.75. The molecular formula is C13H20FN3. The van der Waals surface area contributed by atoms with Crippen LogP contribution in [0.25, 0.3) is 0 Å². The quantitative estimate of drug-likeness (QED) is 0.790. The van der Waals surface area contributed by atoms with Crippen LogP contribution in [0.1, 0.15) is 32.6 Å². The summed E-state index contributed by atoms with van der Waals surface area (Å²) >= 11 is 0. The van der Waals surface area contributed by atoms with E-state index in [4.69, 9.17) is 0 Å². The van der Waals surface area contributed by atoms with Gasteiger partial charge in [-0.15, -0.1) is 0 Å². The van der Waals surface area contributed by atoms with E-state index in [1.165, 1.54) is 25.3 Å². The van der Waals surface area contributed by atoms with E-state index >= 15 is 0 Å². The lowest BCUT2D eigenvalue weighted by atomic mass is 9.99. The van der Waals surface area contributed by atoms with Crippen molar-refractivity contribution in [1.29, 1.82) is 0 Å². The van der Waals surface area contributed by atoms with Gasteiger partial charge in [-0.25, -0.2) is 4.98 Å². The number of nitrogens with one attached hydrogen (secondary N) is 2. The zero-order valence-corrected chi connectivity index (χ0v) is 10.2. The van der Waals surface area contributed by atoms with Gasteiger partial charge >= 0.3 is 0 Å². The molecule has 0 radical (unpaired) electrons. The summed E-state index contributed by atoms with van der Waals surface area (Å²) < 4.78 is 12.9. The van der Waals surface area contributed by atoms with Crippen molar-refractivity contribution in [3.8, 4) is 0 Å². The fourth-order valence-corrected chi connectivity index (χ4v) is 2.35. The Bertz CT molecular complexity index is 350. The minimum atomic E-state index is -0.432. The lowest BCUT2D eigenvalue weighted by Crippen LogP contribution is -2.37. The highest BCUT2D eigenvalue weighted by atomic mass is 19.1. The highest BCUT2D eigenvalue weighted by Gasteiger charge is 2.15. The van der Waals surface area contributed by atoms with Crippen molar-refractivity contribution < 1.29 is 4.39 Å². The Kier molecular flexibility index (Phi) is 4.31. The normalized spacial score (nSPS) is 22.1. The first kappa shape index (κ1) is 12.3. The maximum atomic E-state index is 12.9. The first-order valence-corrected chi connectivity index (χ1v) is 6.36. The van der Waals surface area contributed by atoms with Crippen LogP contribution >= 0.6 is 0 Å². The molecule has 0 amide bonds. The molecule has 1 aromatic rings. The Morgan fingerprint density at radius 1 is 1.53 bits per heavy atom. The largest absolute Gasteiger partial charge is 0.367 e. The van der Waals surface area contributed by atoms with Gasteiger partial charge in [0.1, 0.15) is 5.82 Å². The molecule has 17 heavy (non-hydrogen) atoms. The topological polar surface area (TPSA) is 37.0 Å². The second kappa shape index (κ2) is 5.96. The van der Waals surface area contributed by atoms with Crippen LogP contribution in [0.5, 0.6) is 0 Å². The molecule has 2 atom stereocenters. The summed E-state index contributed by atoms with van der Waals surface area (Å²) in [5.74, 6) is 0.186. The van der Waals surface area contributed by atoms with E-state index in [0.29, 0.717) is 17.9 Å². The monoisotopic (exact) mass is 237 g/mol. The van der Waals surface area contributed by atoms with Gasteiger partial charge in [0, 0.05) is 12.1 Å². The maximum absolute atomic E-state index is 12.9. The lowest BCUT2D eigenvalue weighted by molar-refractivity contribution is 0.371. The average Bonchev–Trinajstić information content (AvgIpc) is 2.30. The van der Waals surface area contributed by atoms with Crippen molar-refractivity contribution in [1.82, 2.24) is 10.3 Å². The van der Waals surface area contributed by atoms with Crippen LogP contribution in [-0.2, 0) is 0 Å². The number of halogens is 1. The van der Waals surface area contributed by atoms with Crippen LogP contribution in [0.4, 0.5) is 10.2 Å². The molecule has 1 aliphatic rings. The van der Waals surface area contributed by atoms with Crippen molar-refractivity contribution in [2.24, 2.45) is 0 Å². The molecule has 1 fully saturated rings. The van der Waals surface area contributed by atoms with E-state index in [1.54, 1.807) is 12.1 Å². The molecule has 0 aromatic carbocycles. The lowest BCUT2D eigenvalue weighted by Gasteiger charge is -2.26. The molecule has 1 aromatic heterocycles. The molecule has 0 spiro atoms. The minimum Gasteiger partial charge on any atom is -0.367 e. The van der Waals surface area contributed by atoms with E-state index in [2.05, 4.69) is 22.5 Å². The zero-order valence-electron chi connectivity index (χ0n) is 10.2. The molecule has 2 N–H and O–H groups in total. The summed E-state index contributed by atoms with van der Waals surface area (Å²) in [4.78, 5) is 3.81. The zero-order chi connectivity index (χ0) is 12.1. The molecule has 0 bridgehead atoms. The standard InChI is InChI=1S/C13H20FN3/c1-10(9-11-5-2-3-8-15-11)16-13-7-4-6-12(14)17-13/h4,6-7,10-11,15H,2-3,5,8-9H2,1H3,(H,16,17). The number of nitrogens with zero attached hydrogens (tertiary/aromatic N) is 1. The molecule has 94 valence electrons. The minimum absolute atomic E-state index is 0.305. The fourth-order valence-electron chi connectivity index (χ4n) is 2.35. The average molecular weight is 237 g/mol. The van der Waals surface area contributed by atoms with Gasteiger partial charge in [-0.1, -0.05) is 12.5 Å². The van der Waals surface area contributed by atoms with E-state index in [0.717, 1.165) is 13.0 Å². The summed E-state index contributed by atoms with van der Waals surface area (Å²) in [6.45, 7) is 3.23. The number of aromatic nitrogens is 1. The third-order valence-corrected chi connectivity index (χ3v) is 3.16. The first-order chi connectivity index (χ1) is 8.24. The van der Waals surface area contributed by atoms with Gasteiger partial charge in [0.05, 0.1) is 0 Å². The molecule has 2 unspecified atom stereocenters. The van der Waals surface area contributed by atoms with Gasteiger partial charge < -0.3 is 10.6 Å². The Morgan fingerprint density at radius 2 is 2.41 bits per heavy atom. The van der Waals surface area contributed by atoms with Gasteiger partial charge in [-0.2, -0.15) is 4.39 Å². The Balaban J connectivity index is 1.82. The van der Waals surface area contributed by atoms with Gasteiger partial charge in [0.15, 0.2) is 0 Å². The van der Waals surface area contributed by atoms with Crippen LogP contribution in [0, 0.1) is 5.95 Å². The Morgan fingerprint density at radius 3 is 3.12 bits per heavy atom. The van der Waals surface area contributed by atoms with Gasteiger partial charge in [0.2, 0.25) is 5.95 Å². The number of rotatable bonds is 4. The van der Waals surface area contributed by atoms with E-state index in [-0.39, 0.29) is 0 Å². The molecule has 4 heteroatoms. The first-order valence-electron chi connectivity index (χ1n) is 6.36. The van der Waals surface area contributed by atoms with E-state index in [9.17, 15) is 4.39 Å². The molecular weight excluding hydrogens is 217 g/mol. The highest BCUT2D eigenvalue weighted by molar-refractivity contribution is 5.34. The molecule has 0 saturated carbocycles. The number of hydrogen-bond acceptors (Lipinski definition) is 3. The molecule has 2 heterocycles. The number of piperidine rings is 1. The van der Waals surface area contributed by atoms with E-state index < -0.39 is 5.95 Å². The van der Waals surface area contributed by atoms with Crippen molar-refractivity contribution in [2.45, 2.75) is 44.7 Å². The Labute approximate surface area is 102 Å². The third kappa shape index (κ3) is 3.97. The number of anilines is 1. The fraction of sp³-hybridized carbons (Fsp3) is 0.615. The van der Waals surface area contributed by atoms with Crippen LogP contribution < -0.4 is 10.6 Å².